The van der Waals surface area contributed by atoms with Gasteiger partial charge in [-0.2, -0.15) is 5.26 Å². The number of carbonyl (C=O) groups excluding carboxylic acids is 2. The molecule has 2 aromatic carbocycles. The summed E-state index contributed by atoms with van der Waals surface area (Å²) >= 11 is 1.34. The van der Waals surface area contributed by atoms with Crippen molar-refractivity contribution in [3.8, 4) is 17.6 Å². The maximum absolute atomic E-state index is 13.6. The van der Waals surface area contributed by atoms with Crippen molar-refractivity contribution in [2.75, 3.05) is 51.8 Å². The number of urea groups is 1. The molecule has 2 heterocycles. The molecule has 9 nitrogen and oxygen atoms in total. The maximum Gasteiger partial charge on any atom is 0.317 e. The second kappa shape index (κ2) is 11.8. The largest absolute Gasteiger partial charge is 0.497 e. The lowest BCUT2D eigenvalue weighted by Crippen LogP contribution is -2.53. The van der Waals surface area contributed by atoms with Crippen LogP contribution in [0.4, 0.5) is 10.5 Å². The highest BCUT2D eigenvalue weighted by Gasteiger charge is 2.33. The van der Waals surface area contributed by atoms with Crippen LogP contribution in [-0.2, 0) is 4.79 Å². The summed E-state index contributed by atoms with van der Waals surface area (Å²) in [6.45, 7) is 3.95. The first-order valence-corrected chi connectivity index (χ1v) is 12.8. The van der Waals surface area contributed by atoms with E-state index >= 15 is 0 Å². The number of hydrogen-bond donors (Lipinski definition) is 1. The molecule has 0 aromatic heterocycles. The molecule has 2 aromatic rings. The van der Waals surface area contributed by atoms with E-state index in [-0.39, 0.29) is 17.5 Å². The zero-order valence-electron chi connectivity index (χ0n) is 21.1. The van der Waals surface area contributed by atoms with Crippen molar-refractivity contribution < 1.29 is 19.1 Å². The van der Waals surface area contributed by atoms with Crippen molar-refractivity contribution in [2.24, 2.45) is 0 Å². The molecule has 0 spiro atoms. The average Bonchev–Trinajstić information content (AvgIpc) is 3.38. The first kappa shape index (κ1) is 26.0. The van der Waals surface area contributed by atoms with Crippen LogP contribution in [0.25, 0.3) is 5.70 Å². The van der Waals surface area contributed by atoms with Crippen LogP contribution < -0.4 is 19.7 Å². The fourth-order valence-corrected chi connectivity index (χ4v) is 5.21. The van der Waals surface area contributed by atoms with E-state index in [1.807, 2.05) is 65.8 Å². The molecule has 37 heavy (non-hydrogen) atoms. The molecular formula is C27H29N5O4S. The first-order valence-electron chi connectivity index (χ1n) is 11.9. The van der Waals surface area contributed by atoms with E-state index in [9.17, 15) is 14.9 Å². The van der Waals surface area contributed by atoms with E-state index < -0.39 is 0 Å². The normalized spacial score (nSPS) is 16.6. The molecule has 0 atom stereocenters. The Morgan fingerprint density at radius 3 is 2.30 bits per heavy atom. The van der Waals surface area contributed by atoms with Gasteiger partial charge >= 0.3 is 6.03 Å². The van der Waals surface area contributed by atoms with Crippen molar-refractivity contribution in [3.05, 3.63) is 70.1 Å². The van der Waals surface area contributed by atoms with Crippen LogP contribution in [0.3, 0.4) is 0 Å². The molecular weight excluding hydrogens is 490 g/mol. The minimum absolute atomic E-state index is 0.0569. The summed E-state index contributed by atoms with van der Waals surface area (Å²) < 4.78 is 10.7. The van der Waals surface area contributed by atoms with Crippen molar-refractivity contribution in [3.63, 3.8) is 0 Å². The molecule has 192 valence electrons. The van der Waals surface area contributed by atoms with Gasteiger partial charge in [0.15, 0.2) is 0 Å². The fourth-order valence-electron chi connectivity index (χ4n) is 4.19. The molecule has 0 radical (unpaired) electrons. The SMILES string of the molecule is CCNC(=O)N1CCN(C(=O)/C(C#N)=C2\SC=C(c3cccc(OC)c3)N2c2ccc(OC)cc2)CC1. The molecule has 0 aliphatic carbocycles. The standard InChI is InChI=1S/C27H29N5O4S/c1-4-29-27(34)31-14-12-30(13-15-31)25(33)23(17-28)26-32(20-8-10-21(35-2)11-9-20)24(18-37-26)19-6-5-7-22(16-19)36-3/h5-11,16,18H,4,12-15H2,1-3H3,(H,29,34)/b26-23-. The zero-order valence-corrected chi connectivity index (χ0v) is 21.9. The Hall–Kier alpha value is -4.10. The van der Waals surface area contributed by atoms with Crippen LogP contribution in [0.2, 0.25) is 0 Å². The van der Waals surface area contributed by atoms with Gasteiger partial charge in [0, 0.05) is 49.4 Å². The number of hydrogen-bond acceptors (Lipinski definition) is 7. The van der Waals surface area contributed by atoms with Crippen LogP contribution in [0, 0.1) is 11.3 Å². The van der Waals surface area contributed by atoms with Crippen molar-refractivity contribution >= 4 is 35.1 Å². The summed E-state index contributed by atoms with van der Waals surface area (Å²) in [6.07, 6.45) is 0. The summed E-state index contributed by atoms with van der Waals surface area (Å²) in [6, 6.07) is 17.1. The number of nitrogens with zero attached hydrogens (tertiary/aromatic N) is 4. The average molecular weight is 520 g/mol. The van der Waals surface area contributed by atoms with Gasteiger partial charge < -0.3 is 29.5 Å². The van der Waals surface area contributed by atoms with E-state index in [0.29, 0.717) is 49.3 Å². The van der Waals surface area contributed by atoms with Gasteiger partial charge in [0.25, 0.3) is 5.91 Å². The van der Waals surface area contributed by atoms with Crippen LogP contribution in [0.15, 0.2) is 64.5 Å². The lowest BCUT2D eigenvalue weighted by molar-refractivity contribution is -0.128. The quantitative estimate of drug-likeness (QED) is 0.457. The van der Waals surface area contributed by atoms with Crippen molar-refractivity contribution in [1.29, 1.82) is 5.26 Å². The molecule has 1 saturated heterocycles. The third-order valence-corrected chi connectivity index (χ3v) is 7.10. The molecule has 10 heteroatoms. The lowest BCUT2D eigenvalue weighted by Gasteiger charge is -2.35. The topological polar surface area (TPSA) is 98.1 Å². The lowest BCUT2D eigenvalue weighted by atomic mass is 10.1. The van der Waals surface area contributed by atoms with Gasteiger partial charge in [-0.1, -0.05) is 23.9 Å². The monoisotopic (exact) mass is 519 g/mol. The van der Waals surface area contributed by atoms with Gasteiger partial charge in [0.05, 0.1) is 19.9 Å². The van der Waals surface area contributed by atoms with Crippen molar-refractivity contribution in [2.45, 2.75) is 6.92 Å². The summed E-state index contributed by atoms with van der Waals surface area (Å²) in [7, 11) is 3.22. The fraction of sp³-hybridized carbons (Fsp3) is 0.296. The molecule has 4 rings (SSSR count). The summed E-state index contributed by atoms with van der Waals surface area (Å²) in [5.41, 5.74) is 2.56. The van der Waals surface area contributed by atoms with Crippen LogP contribution in [0.1, 0.15) is 12.5 Å². The van der Waals surface area contributed by atoms with Gasteiger partial charge in [-0.15, -0.1) is 0 Å². The number of piperazine rings is 1. The third-order valence-electron chi connectivity index (χ3n) is 6.14. The second-order valence-corrected chi connectivity index (χ2v) is 9.15. The predicted molar refractivity (Wildman–Crippen MR) is 144 cm³/mol. The Morgan fingerprint density at radius 2 is 1.68 bits per heavy atom. The summed E-state index contributed by atoms with van der Waals surface area (Å²) in [5.74, 6) is 1.06. The molecule has 0 bridgehead atoms. The number of nitrogens with one attached hydrogen (secondary N) is 1. The van der Waals surface area contributed by atoms with Crippen LogP contribution in [-0.4, -0.2) is 68.7 Å². The van der Waals surface area contributed by atoms with E-state index in [1.165, 1.54) is 11.8 Å². The summed E-state index contributed by atoms with van der Waals surface area (Å²) in [5, 5.41) is 15.4. The minimum atomic E-state index is -0.348. The molecule has 1 fully saturated rings. The van der Waals surface area contributed by atoms with Gasteiger partial charge in [-0.3, -0.25) is 4.79 Å². The number of amides is 3. The van der Waals surface area contributed by atoms with E-state index in [1.54, 1.807) is 24.0 Å². The number of ether oxygens (including phenoxy) is 2. The highest BCUT2D eigenvalue weighted by molar-refractivity contribution is 8.06. The number of nitriles is 1. The Bertz CT molecular complexity index is 1260. The highest BCUT2D eigenvalue weighted by Crippen LogP contribution is 2.45. The van der Waals surface area contributed by atoms with E-state index in [4.69, 9.17) is 9.47 Å². The Morgan fingerprint density at radius 1 is 1.00 bits per heavy atom. The molecule has 0 saturated carbocycles. The number of anilines is 1. The number of benzene rings is 2. The minimum Gasteiger partial charge on any atom is -0.497 e. The molecule has 0 unspecified atom stereocenters. The third kappa shape index (κ3) is 5.52. The molecule has 3 amide bonds. The van der Waals surface area contributed by atoms with Gasteiger partial charge in [0.2, 0.25) is 0 Å². The van der Waals surface area contributed by atoms with E-state index in [0.717, 1.165) is 16.9 Å². The smallest absolute Gasteiger partial charge is 0.317 e. The zero-order chi connectivity index (χ0) is 26.4. The van der Waals surface area contributed by atoms with Gasteiger partial charge in [-0.25, -0.2) is 4.79 Å². The molecule has 1 N–H and O–H groups in total. The van der Waals surface area contributed by atoms with E-state index in [2.05, 4.69) is 11.4 Å². The first-order chi connectivity index (χ1) is 18.0. The van der Waals surface area contributed by atoms with Gasteiger partial charge in [0.1, 0.15) is 28.2 Å². The highest BCUT2D eigenvalue weighted by atomic mass is 32.2. The van der Waals surface area contributed by atoms with Crippen molar-refractivity contribution in [1.82, 2.24) is 15.1 Å². The number of rotatable bonds is 6. The Balaban J connectivity index is 1.67. The Kier molecular flexibility index (Phi) is 8.25. The molecule has 2 aliphatic rings. The Labute approximate surface area is 220 Å². The number of methoxy groups -OCH3 is 2. The summed E-state index contributed by atoms with van der Waals surface area (Å²) in [4.78, 5) is 31.0. The maximum atomic E-state index is 13.6. The second-order valence-electron chi connectivity index (χ2n) is 8.29. The van der Waals surface area contributed by atoms with Crippen LogP contribution >= 0.6 is 11.8 Å². The van der Waals surface area contributed by atoms with Crippen LogP contribution in [0.5, 0.6) is 11.5 Å². The van der Waals surface area contributed by atoms with Gasteiger partial charge in [-0.05, 0) is 43.3 Å². The molecule has 2 aliphatic heterocycles. The predicted octanol–water partition coefficient (Wildman–Crippen LogP) is 3.86. The number of carbonyl (C=O) groups is 2. The number of thioether (sulfide) groups is 1.